The van der Waals surface area contributed by atoms with E-state index >= 15 is 0 Å². The summed E-state index contributed by atoms with van der Waals surface area (Å²) in [5.41, 5.74) is 5.07. The van der Waals surface area contributed by atoms with Gasteiger partial charge in [-0.25, -0.2) is 0 Å². The van der Waals surface area contributed by atoms with E-state index < -0.39 is 5.97 Å². The van der Waals surface area contributed by atoms with Gasteiger partial charge in [-0.3, -0.25) is 4.79 Å². The standard InChI is InChI=1S/C25H23ClN2O2/c1-2-28(24-13-6-4-11-22(24)26)20-9-7-8-18(14-20)16-27-17-19(15-25(29)30)21-10-3-5-12-23(21)27/h3-14,17H,2,15-16H2,1H3,(H,29,30). The number of hydrogen-bond donors (Lipinski definition) is 1. The molecule has 4 rings (SSSR count). The molecule has 1 aromatic heterocycles. The molecule has 5 heteroatoms. The molecule has 0 spiro atoms. The Kier molecular flexibility index (Phi) is 5.77. The first kappa shape index (κ1) is 20.0. The van der Waals surface area contributed by atoms with Crippen molar-refractivity contribution in [3.05, 3.63) is 95.1 Å². The van der Waals surface area contributed by atoms with Crippen LogP contribution in [0.3, 0.4) is 0 Å². The predicted molar refractivity (Wildman–Crippen MR) is 123 cm³/mol. The molecule has 0 radical (unpaired) electrons. The molecule has 0 saturated carbocycles. The topological polar surface area (TPSA) is 45.5 Å². The normalized spacial score (nSPS) is 11.0. The molecule has 4 aromatic rings. The van der Waals surface area contributed by atoms with Gasteiger partial charge in [-0.2, -0.15) is 0 Å². The van der Waals surface area contributed by atoms with Crippen LogP contribution in [-0.2, 0) is 17.8 Å². The van der Waals surface area contributed by atoms with E-state index in [1.807, 2.05) is 60.8 Å². The number of fused-ring (bicyclic) bond motifs is 1. The lowest BCUT2D eigenvalue weighted by Crippen LogP contribution is -2.16. The van der Waals surface area contributed by atoms with E-state index in [2.05, 4.69) is 34.6 Å². The van der Waals surface area contributed by atoms with Gasteiger partial charge in [0.2, 0.25) is 0 Å². The van der Waals surface area contributed by atoms with Crippen LogP contribution in [0, 0.1) is 0 Å². The fourth-order valence-corrected chi connectivity index (χ4v) is 4.18. The van der Waals surface area contributed by atoms with Gasteiger partial charge in [0.1, 0.15) is 0 Å². The number of nitrogens with zero attached hydrogens (tertiary/aromatic N) is 2. The molecule has 0 unspecified atom stereocenters. The van der Waals surface area contributed by atoms with E-state index in [9.17, 15) is 9.90 Å². The summed E-state index contributed by atoms with van der Waals surface area (Å²) in [5.74, 6) is -0.821. The summed E-state index contributed by atoms with van der Waals surface area (Å²) in [4.78, 5) is 13.5. The number of aliphatic carboxylic acids is 1. The molecule has 30 heavy (non-hydrogen) atoms. The average Bonchev–Trinajstić information content (AvgIpc) is 3.07. The number of carbonyl (C=O) groups is 1. The largest absolute Gasteiger partial charge is 0.481 e. The number of halogens is 1. The highest BCUT2D eigenvalue weighted by molar-refractivity contribution is 6.33. The minimum Gasteiger partial charge on any atom is -0.481 e. The maximum absolute atomic E-state index is 11.3. The van der Waals surface area contributed by atoms with Gasteiger partial charge in [-0.1, -0.05) is 54.1 Å². The second kappa shape index (κ2) is 8.64. The van der Waals surface area contributed by atoms with Crippen molar-refractivity contribution in [2.24, 2.45) is 0 Å². The number of anilines is 2. The third-order valence-electron chi connectivity index (χ3n) is 5.25. The minimum atomic E-state index is -0.821. The summed E-state index contributed by atoms with van der Waals surface area (Å²) in [6.45, 7) is 3.56. The van der Waals surface area contributed by atoms with Crippen LogP contribution in [0.15, 0.2) is 79.0 Å². The molecule has 0 saturated heterocycles. The molecule has 3 aromatic carbocycles. The van der Waals surface area contributed by atoms with Crippen LogP contribution in [0.25, 0.3) is 10.9 Å². The zero-order chi connectivity index (χ0) is 21.1. The van der Waals surface area contributed by atoms with Gasteiger partial charge in [0, 0.05) is 35.9 Å². The summed E-state index contributed by atoms with van der Waals surface area (Å²) >= 11 is 6.43. The van der Waals surface area contributed by atoms with Gasteiger partial charge in [0.15, 0.2) is 0 Å². The molecule has 0 atom stereocenters. The van der Waals surface area contributed by atoms with Crippen molar-refractivity contribution < 1.29 is 9.90 Å². The van der Waals surface area contributed by atoms with Crippen molar-refractivity contribution in [3.63, 3.8) is 0 Å². The van der Waals surface area contributed by atoms with E-state index in [0.29, 0.717) is 6.54 Å². The highest BCUT2D eigenvalue weighted by Crippen LogP contribution is 2.32. The number of rotatable bonds is 7. The average molecular weight is 419 g/mol. The summed E-state index contributed by atoms with van der Waals surface area (Å²) in [5, 5.41) is 11.0. The van der Waals surface area contributed by atoms with E-state index in [1.54, 1.807) is 0 Å². The van der Waals surface area contributed by atoms with Crippen LogP contribution in [0.5, 0.6) is 0 Å². The molecule has 0 aliphatic heterocycles. The highest BCUT2D eigenvalue weighted by atomic mass is 35.5. The monoisotopic (exact) mass is 418 g/mol. The highest BCUT2D eigenvalue weighted by Gasteiger charge is 2.13. The van der Waals surface area contributed by atoms with E-state index in [-0.39, 0.29) is 6.42 Å². The molecule has 1 heterocycles. The Morgan fingerprint density at radius 3 is 2.57 bits per heavy atom. The molecular weight excluding hydrogens is 396 g/mol. The summed E-state index contributed by atoms with van der Waals surface area (Å²) in [7, 11) is 0. The van der Waals surface area contributed by atoms with E-state index in [1.165, 1.54) is 0 Å². The fourth-order valence-electron chi connectivity index (χ4n) is 3.94. The van der Waals surface area contributed by atoms with Crippen LogP contribution in [-0.4, -0.2) is 22.2 Å². The molecule has 0 fully saturated rings. The first-order valence-electron chi connectivity index (χ1n) is 9.96. The minimum absolute atomic E-state index is 0.0175. The SMILES string of the molecule is CCN(c1cccc(Cn2cc(CC(=O)O)c3ccccc32)c1)c1ccccc1Cl. The van der Waals surface area contributed by atoms with Gasteiger partial charge in [-0.05, 0) is 48.4 Å². The van der Waals surface area contributed by atoms with Crippen LogP contribution >= 0.6 is 11.6 Å². The summed E-state index contributed by atoms with van der Waals surface area (Å²) < 4.78 is 2.12. The van der Waals surface area contributed by atoms with Gasteiger partial charge in [0.25, 0.3) is 0 Å². The van der Waals surface area contributed by atoms with Crippen molar-refractivity contribution in [2.75, 3.05) is 11.4 Å². The number of carboxylic acid groups (broad SMARTS) is 1. The molecule has 0 aliphatic rings. The fraction of sp³-hybridized carbons (Fsp3) is 0.160. The lowest BCUT2D eigenvalue weighted by Gasteiger charge is -2.25. The molecule has 4 nitrogen and oxygen atoms in total. The second-order valence-electron chi connectivity index (χ2n) is 7.24. The number of benzene rings is 3. The Morgan fingerprint density at radius 2 is 1.80 bits per heavy atom. The molecule has 0 aliphatic carbocycles. The quantitative estimate of drug-likeness (QED) is 0.392. The van der Waals surface area contributed by atoms with E-state index in [0.717, 1.165) is 45.0 Å². The smallest absolute Gasteiger partial charge is 0.307 e. The number of hydrogen-bond acceptors (Lipinski definition) is 2. The first-order valence-corrected chi connectivity index (χ1v) is 10.3. The lowest BCUT2D eigenvalue weighted by molar-refractivity contribution is -0.136. The molecule has 0 bridgehead atoms. The Morgan fingerprint density at radius 1 is 1.03 bits per heavy atom. The maximum atomic E-state index is 11.3. The Balaban J connectivity index is 1.69. The van der Waals surface area contributed by atoms with Crippen molar-refractivity contribution in [3.8, 4) is 0 Å². The Labute approximate surface area is 180 Å². The van der Waals surface area contributed by atoms with Crippen molar-refractivity contribution in [1.29, 1.82) is 0 Å². The van der Waals surface area contributed by atoms with Crippen molar-refractivity contribution in [2.45, 2.75) is 19.9 Å². The zero-order valence-electron chi connectivity index (χ0n) is 16.8. The molecular formula is C25H23ClN2O2. The molecule has 1 N–H and O–H groups in total. The second-order valence-corrected chi connectivity index (χ2v) is 7.64. The number of para-hydroxylation sites is 2. The van der Waals surface area contributed by atoms with E-state index in [4.69, 9.17) is 11.6 Å². The van der Waals surface area contributed by atoms with Gasteiger partial charge >= 0.3 is 5.97 Å². The van der Waals surface area contributed by atoms with Crippen molar-refractivity contribution >= 4 is 39.8 Å². The Hall–Kier alpha value is -3.24. The molecule has 152 valence electrons. The lowest BCUT2D eigenvalue weighted by atomic mass is 10.1. The predicted octanol–water partition coefficient (Wildman–Crippen LogP) is 6.13. The maximum Gasteiger partial charge on any atom is 0.307 e. The molecule has 0 amide bonds. The van der Waals surface area contributed by atoms with Gasteiger partial charge < -0.3 is 14.6 Å². The van der Waals surface area contributed by atoms with Crippen LogP contribution in [0.1, 0.15) is 18.1 Å². The van der Waals surface area contributed by atoms with Crippen molar-refractivity contribution in [1.82, 2.24) is 4.57 Å². The van der Waals surface area contributed by atoms with Crippen LogP contribution < -0.4 is 4.90 Å². The summed E-state index contributed by atoms with van der Waals surface area (Å²) in [6.07, 6.45) is 1.97. The van der Waals surface area contributed by atoms with Crippen LogP contribution in [0.2, 0.25) is 5.02 Å². The summed E-state index contributed by atoms with van der Waals surface area (Å²) in [6, 6.07) is 24.2. The third-order valence-corrected chi connectivity index (χ3v) is 5.57. The first-order chi connectivity index (χ1) is 14.6. The van der Waals surface area contributed by atoms with Gasteiger partial charge in [-0.15, -0.1) is 0 Å². The zero-order valence-corrected chi connectivity index (χ0v) is 17.5. The number of carboxylic acids is 1. The van der Waals surface area contributed by atoms with Gasteiger partial charge in [0.05, 0.1) is 17.1 Å². The third kappa shape index (κ3) is 4.05. The van der Waals surface area contributed by atoms with Crippen LogP contribution in [0.4, 0.5) is 11.4 Å². The Bertz CT molecular complexity index is 1200. The number of aromatic nitrogens is 1.